The maximum atomic E-state index is 13.5. The molecule has 1 saturated heterocycles. The predicted octanol–water partition coefficient (Wildman–Crippen LogP) is 2.98. The van der Waals surface area contributed by atoms with Gasteiger partial charge in [0.25, 0.3) is 0 Å². The fourth-order valence-corrected chi connectivity index (χ4v) is 3.55. The minimum atomic E-state index is -0.135. The molecule has 1 aromatic rings. The van der Waals surface area contributed by atoms with E-state index >= 15 is 0 Å². The first-order valence-corrected chi connectivity index (χ1v) is 6.73. The minimum Gasteiger partial charge on any atom is -0.326 e. The van der Waals surface area contributed by atoms with Crippen LogP contribution in [0.3, 0.4) is 0 Å². The van der Waals surface area contributed by atoms with Crippen molar-refractivity contribution in [3.63, 3.8) is 0 Å². The summed E-state index contributed by atoms with van der Waals surface area (Å²) in [7, 11) is 0. The van der Waals surface area contributed by atoms with E-state index in [1.54, 1.807) is 6.07 Å². The molecule has 1 aromatic carbocycles. The molecule has 1 fully saturated rings. The van der Waals surface area contributed by atoms with Crippen LogP contribution in [0.25, 0.3) is 0 Å². The molecule has 0 aliphatic carbocycles. The van der Waals surface area contributed by atoms with Crippen molar-refractivity contribution in [2.75, 3.05) is 5.75 Å². The molecule has 0 aromatic heterocycles. The van der Waals surface area contributed by atoms with Crippen LogP contribution in [-0.2, 0) is 6.42 Å². The van der Waals surface area contributed by atoms with Crippen molar-refractivity contribution in [2.45, 2.75) is 37.0 Å². The third-order valence-electron chi connectivity index (χ3n) is 3.43. The molecule has 2 rings (SSSR count). The molecule has 0 bridgehead atoms. The number of benzene rings is 1. The molecule has 0 saturated carbocycles. The fourth-order valence-electron chi connectivity index (χ4n) is 2.21. The van der Waals surface area contributed by atoms with Crippen molar-refractivity contribution in [2.24, 2.45) is 5.73 Å². The summed E-state index contributed by atoms with van der Waals surface area (Å²) < 4.78 is 13.6. The normalized spacial score (nSPS) is 26.9. The Labute approximate surface area is 101 Å². The monoisotopic (exact) mass is 239 g/mol. The molecule has 1 nitrogen and oxygen atoms in total. The van der Waals surface area contributed by atoms with Gasteiger partial charge in [-0.15, -0.1) is 0 Å². The van der Waals surface area contributed by atoms with Gasteiger partial charge in [-0.2, -0.15) is 11.8 Å². The Morgan fingerprint density at radius 3 is 2.88 bits per heavy atom. The Morgan fingerprint density at radius 2 is 2.25 bits per heavy atom. The third kappa shape index (κ3) is 2.41. The molecule has 0 amide bonds. The molecule has 16 heavy (non-hydrogen) atoms. The molecule has 2 unspecified atom stereocenters. The Bertz CT molecular complexity index is 361. The summed E-state index contributed by atoms with van der Waals surface area (Å²) in [5.41, 5.74) is 6.97. The Balaban J connectivity index is 2.07. The highest BCUT2D eigenvalue weighted by atomic mass is 32.2. The lowest BCUT2D eigenvalue weighted by atomic mass is 9.91. The average molecular weight is 239 g/mol. The summed E-state index contributed by atoms with van der Waals surface area (Å²) in [5.74, 6) is 1.05. The van der Waals surface area contributed by atoms with Gasteiger partial charge in [-0.25, -0.2) is 4.39 Å². The minimum absolute atomic E-state index is 0.0388. The molecule has 1 aliphatic rings. The molecule has 1 aliphatic heterocycles. The van der Waals surface area contributed by atoms with Gasteiger partial charge in [0.2, 0.25) is 0 Å². The van der Waals surface area contributed by atoms with Crippen molar-refractivity contribution in [1.29, 1.82) is 0 Å². The molecule has 3 heteroatoms. The molecule has 1 heterocycles. The van der Waals surface area contributed by atoms with Crippen LogP contribution in [0.15, 0.2) is 24.3 Å². The largest absolute Gasteiger partial charge is 0.326 e. The second-order valence-electron chi connectivity index (χ2n) is 4.67. The lowest BCUT2D eigenvalue weighted by Gasteiger charge is -2.30. The molecule has 88 valence electrons. The van der Waals surface area contributed by atoms with E-state index in [1.807, 2.05) is 23.9 Å². The smallest absolute Gasteiger partial charge is 0.126 e. The summed E-state index contributed by atoms with van der Waals surface area (Å²) in [4.78, 5) is 0. The number of hydrogen-bond donors (Lipinski definition) is 1. The summed E-state index contributed by atoms with van der Waals surface area (Å²) in [6.07, 6.45) is 3.01. The number of thioether (sulfide) groups is 1. The van der Waals surface area contributed by atoms with Crippen LogP contribution in [0.4, 0.5) is 4.39 Å². The lowest BCUT2D eigenvalue weighted by molar-refractivity contribution is 0.473. The number of hydrogen-bond acceptors (Lipinski definition) is 2. The molecule has 2 atom stereocenters. The van der Waals surface area contributed by atoms with Gasteiger partial charge < -0.3 is 5.73 Å². The first kappa shape index (κ1) is 11.9. The standard InChI is InChI=1S/C13H18FNS/c1-13(7-4-8-16-13)12(15)9-10-5-2-3-6-11(10)14/h2-3,5-6,12H,4,7-9,15H2,1H3. The van der Waals surface area contributed by atoms with Crippen LogP contribution >= 0.6 is 11.8 Å². The van der Waals surface area contributed by atoms with E-state index < -0.39 is 0 Å². The van der Waals surface area contributed by atoms with Crippen LogP contribution in [0.5, 0.6) is 0 Å². The van der Waals surface area contributed by atoms with Gasteiger partial charge >= 0.3 is 0 Å². The van der Waals surface area contributed by atoms with Gasteiger partial charge in [-0.1, -0.05) is 18.2 Å². The zero-order valence-electron chi connectivity index (χ0n) is 9.58. The van der Waals surface area contributed by atoms with E-state index in [2.05, 4.69) is 6.92 Å². The number of halogens is 1. The van der Waals surface area contributed by atoms with Crippen LogP contribution in [0.1, 0.15) is 25.3 Å². The van der Waals surface area contributed by atoms with E-state index in [-0.39, 0.29) is 16.6 Å². The molecular formula is C13H18FNS. The van der Waals surface area contributed by atoms with Crippen molar-refractivity contribution in [3.8, 4) is 0 Å². The zero-order valence-corrected chi connectivity index (χ0v) is 10.4. The Hall–Kier alpha value is -0.540. The van der Waals surface area contributed by atoms with Crippen molar-refractivity contribution >= 4 is 11.8 Å². The topological polar surface area (TPSA) is 26.0 Å². The van der Waals surface area contributed by atoms with Crippen LogP contribution in [0.2, 0.25) is 0 Å². The molecular weight excluding hydrogens is 221 g/mol. The third-order valence-corrected chi connectivity index (χ3v) is 5.09. The highest BCUT2D eigenvalue weighted by Gasteiger charge is 2.35. The average Bonchev–Trinajstić information content (AvgIpc) is 2.70. The van der Waals surface area contributed by atoms with E-state index in [0.29, 0.717) is 6.42 Å². The van der Waals surface area contributed by atoms with E-state index in [1.165, 1.54) is 18.2 Å². The summed E-state index contributed by atoms with van der Waals surface area (Å²) in [6.45, 7) is 2.20. The quantitative estimate of drug-likeness (QED) is 0.877. The number of rotatable bonds is 3. The Morgan fingerprint density at radius 1 is 1.50 bits per heavy atom. The maximum Gasteiger partial charge on any atom is 0.126 e. The van der Waals surface area contributed by atoms with Gasteiger partial charge in [-0.3, -0.25) is 0 Å². The highest BCUT2D eigenvalue weighted by molar-refractivity contribution is 8.00. The SMILES string of the molecule is CC1(C(N)Cc2ccccc2F)CCCS1. The number of nitrogens with two attached hydrogens (primary N) is 1. The van der Waals surface area contributed by atoms with E-state index in [4.69, 9.17) is 5.73 Å². The maximum absolute atomic E-state index is 13.5. The van der Waals surface area contributed by atoms with Crippen molar-refractivity contribution in [1.82, 2.24) is 0 Å². The predicted molar refractivity (Wildman–Crippen MR) is 68.2 cm³/mol. The van der Waals surface area contributed by atoms with Gasteiger partial charge in [0, 0.05) is 10.8 Å². The second-order valence-corrected chi connectivity index (χ2v) is 6.30. The van der Waals surface area contributed by atoms with Crippen molar-refractivity contribution < 1.29 is 4.39 Å². The summed E-state index contributed by atoms with van der Waals surface area (Å²) in [6, 6.07) is 6.97. The van der Waals surface area contributed by atoms with Gasteiger partial charge in [-0.05, 0) is 43.6 Å². The first-order valence-electron chi connectivity index (χ1n) is 5.75. The van der Waals surface area contributed by atoms with E-state index in [0.717, 1.165) is 12.0 Å². The van der Waals surface area contributed by atoms with Gasteiger partial charge in [0.1, 0.15) is 5.82 Å². The summed E-state index contributed by atoms with van der Waals surface area (Å²) in [5, 5.41) is 0. The highest BCUT2D eigenvalue weighted by Crippen LogP contribution is 2.40. The summed E-state index contributed by atoms with van der Waals surface area (Å²) >= 11 is 1.93. The van der Waals surface area contributed by atoms with Crippen LogP contribution < -0.4 is 5.73 Å². The van der Waals surface area contributed by atoms with Gasteiger partial charge in [0.05, 0.1) is 0 Å². The fraction of sp³-hybridized carbons (Fsp3) is 0.538. The van der Waals surface area contributed by atoms with E-state index in [9.17, 15) is 4.39 Å². The molecule has 0 radical (unpaired) electrons. The first-order chi connectivity index (χ1) is 7.62. The molecule has 2 N–H and O–H groups in total. The second kappa shape index (κ2) is 4.76. The lowest BCUT2D eigenvalue weighted by Crippen LogP contribution is -2.42. The van der Waals surface area contributed by atoms with Crippen molar-refractivity contribution in [3.05, 3.63) is 35.6 Å². The van der Waals surface area contributed by atoms with Gasteiger partial charge in [0.15, 0.2) is 0 Å². The Kier molecular flexibility index (Phi) is 3.55. The zero-order chi connectivity index (χ0) is 11.6. The molecule has 0 spiro atoms. The van der Waals surface area contributed by atoms with Crippen LogP contribution in [-0.4, -0.2) is 16.5 Å². The van der Waals surface area contributed by atoms with Crippen LogP contribution in [0, 0.1) is 5.82 Å².